The predicted molar refractivity (Wildman–Crippen MR) is 92.3 cm³/mol. The van der Waals surface area contributed by atoms with E-state index in [1.165, 1.54) is 5.69 Å². The summed E-state index contributed by atoms with van der Waals surface area (Å²) in [6.07, 6.45) is 6.17. The van der Waals surface area contributed by atoms with E-state index in [-0.39, 0.29) is 5.41 Å². The lowest BCUT2D eigenvalue weighted by atomic mass is 9.93. The molecule has 0 radical (unpaired) electrons. The topological polar surface area (TPSA) is 62.1 Å². The van der Waals surface area contributed by atoms with E-state index in [0.717, 1.165) is 41.7 Å². The number of aromatic amines is 1. The third-order valence-electron chi connectivity index (χ3n) is 4.53. The van der Waals surface area contributed by atoms with Crippen molar-refractivity contribution in [1.82, 2.24) is 24.8 Å². The van der Waals surface area contributed by atoms with Crippen LogP contribution in [0.2, 0.25) is 0 Å². The minimum absolute atomic E-state index is 0.0655. The van der Waals surface area contributed by atoms with Crippen LogP contribution in [0.3, 0.4) is 0 Å². The Hall–Kier alpha value is -1.89. The van der Waals surface area contributed by atoms with Gasteiger partial charge in [-0.15, -0.1) is 5.10 Å². The fraction of sp³-hybridized carbons (Fsp3) is 0.562. The molecule has 0 amide bonds. The van der Waals surface area contributed by atoms with Gasteiger partial charge in [0.15, 0.2) is 0 Å². The zero-order valence-electron chi connectivity index (χ0n) is 13.8. The monoisotopic (exact) mass is 330 g/mol. The summed E-state index contributed by atoms with van der Waals surface area (Å²) in [7, 11) is 0. The highest BCUT2D eigenvalue weighted by molar-refractivity contribution is 7.20. The second kappa shape index (κ2) is 5.33. The zero-order chi connectivity index (χ0) is 16.0. The molecular weight excluding hydrogens is 308 g/mol. The summed E-state index contributed by atoms with van der Waals surface area (Å²) < 4.78 is 1.93. The highest BCUT2D eigenvalue weighted by atomic mass is 32.1. The van der Waals surface area contributed by atoms with E-state index in [1.54, 1.807) is 11.3 Å². The molecular formula is C16H22N6S. The van der Waals surface area contributed by atoms with Crippen LogP contribution in [0, 0.1) is 0 Å². The first-order valence-corrected chi connectivity index (χ1v) is 8.93. The van der Waals surface area contributed by atoms with Crippen molar-refractivity contribution in [1.29, 1.82) is 0 Å². The average Bonchev–Trinajstić information content (AvgIpc) is 3.22. The van der Waals surface area contributed by atoms with E-state index >= 15 is 0 Å². The third-order valence-corrected chi connectivity index (χ3v) is 5.51. The molecule has 4 heterocycles. The van der Waals surface area contributed by atoms with Gasteiger partial charge in [0.05, 0.1) is 11.9 Å². The van der Waals surface area contributed by atoms with Gasteiger partial charge in [-0.05, 0) is 18.9 Å². The van der Waals surface area contributed by atoms with Crippen LogP contribution in [-0.2, 0) is 5.41 Å². The van der Waals surface area contributed by atoms with Gasteiger partial charge in [0.2, 0.25) is 10.1 Å². The molecule has 23 heavy (non-hydrogen) atoms. The van der Waals surface area contributed by atoms with Gasteiger partial charge < -0.3 is 4.90 Å². The fourth-order valence-electron chi connectivity index (χ4n) is 3.05. The van der Waals surface area contributed by atoms with E-state index < -0.39 is 0 Å². The van der Waals surface area contributed by atoms with Gasteiger partial charge in [0.1, 0.15) is 0 Å². The van der Waals surface area contributed by atoms with Crippen molar-refractivity contribution in [2.45, 2.75) is 44.9 Å². The van der Waals surface area contributed by atoms with Crippen LogP contribution >= 0.6 is 11.3 Å². The van der Waals surface area contributed by atoms with E-state index in [9.17, 15) is 0 Å². The van der Waals surface area contributed by atoms with Gasteiger partial charge in [0.25, 0.3) is 0 Å². The van der Waals surface area contributed by atoms with Crippen molar-refractivity contribution < 1.29 is 0 Å². The van der Waals surface area contributed by atoms with Crippen molar-refractivity contribution in [3.8, 4) is 0 Å². The van der Waals surface area contributed by atoms with Gasteiger partial charge >= 0.3 is 0 Å². The molecule has 122 valence electrons. The Balaban J connectivity index is 1.49. The molecule has 1 N–H and O–H groups in total. The largest absolute Gasteiger partial charge is 0.347 e. The Morgan fingerprint density at radius 3 is 2.65 bits per heavy atom. The summed E-state index contributed by atoms with van der Waals surface area (Å²) in [4.78, 5) is 8.10. The molecule has 1 aliphatic heterocycles. The first-order valence-electron chi connectivity index (χ1n) is 8.11. The van der Waals surface area contributed by atoms with E-state index in [1.807, 2.05) is 10.7 Å². The van der Waals surface area contributed by atoms with Gasteiger partial charge in [-0.3, -0.25) is 5.10 Å². The summed E-state index contributed by atoms with van der Waals surface area (Å²) in [6, 6.07) is 2.09. The number of nitrogens with one attached hydrogen (secondary N) is 1. The number of hydrogen-bond donors (Lipinski definition) is 1. The van der Waals surface area contributed by atoms with Crippen molar-refractivity contribution in [3.05, 3.63) is 29.8 Å². The molecule has 1 saturated heterocycles. The molecule has 0 spiro atoms. The number of rotatable bonds is 2. The Bertz CT molecular complexity index is 755. The van der Waals surface area contributed by atoms with Gasteiger partial charge in [-0.25, -0.2) is 9.50 Å². The number of aromatic nitrogens is 5. The quantitative estimate of drug-likeness (QED) is 0.784. The van der Waals surface area contributed by atoms with Crippen LogP contribution in [0.25, 0.3) is 4.96 Å². The van der Waals surface area contributed by atoms with Crippen molar-refractivity contribution >= 4 is 21.4 Å². The summed E-state index contributed by atoms with van der Waals surface area (Å²) in [6.45, 7) is 8.61. The van der Waals surface area contributed by atoms with Gasteiger partial charge in [-0.2, -0.15) is 5.10 Å². The average molecular weight is 330 g/mol. The van der Waals surface area contributed by atoms with E-state index in [0.29, 0.717) is 5.92 Å². The van der Waals surface area contributed by atoms with Crippen molar-refractivity contribution in [3.63, 3.8) is 0 Å². The van der Waals surface area contributed by atoms with Gasteiger partial charge in [0, 0.05) is 36.3 Å². The van der Waals surface area contributed by atoms with E-state index in [2.05, 4.69) is 48.1 Å². The molecule has 3 aromatic heterocycles. The normalized spacial score (nSPS) is 17.3. The second-order valence-electron chi connectivity index (χ2n) is 7.26. The second-order valence-corrected chi connectivity index (χ2v) is 8.20. The minimum Gasteiger partial charge on any atom is -0.347 e. The summed E-state index contributed by atoms with van der Waals surface area (Å²) in [5, 5.41) is 13.0. The summed E-state index contributed by atoms with van der Waals surface area (Å²) >= 11 is 1.69. The van der Waals surface area contributed by atoms with Crippen LogP contribution in [-0.4, -0.2) is 37.9 Å². The summed E-state index contributed by atoms with van der Waals surface area (Å²) in [5.41, 5.74) is 2.42. The maximum Gasteiger partial charge on any atom is 0.214 e. The molecule has 3 aromatic rings. The molecule has 0 aliphatic carbocycles. The number of fused-ring (bicyclic) bond motifs is 1. The number of nitrogens with zero attached hydrogens (tertiary/aromatic N) is 5. The highest BCUT2D eigenvalue weighted by Gasteiger charge is 2.25. The van der Waals surface area contributed by atoms with Crippen LogP contribution in [0.1, 0.15) is 50.9 Å². The van der Waals surface area contributed by atoms with Crippen molar-refractivity contribution in [2.24, 2.45) is 0 Å². The van der Waals surface area contributed by atoms with Crippen LogP contribution < -0.4 is 4.90 Å². The Morgan fingerprint density at radius 1 is 1.26 bits per heavy atom. The smallest absolute Gasteiger partial charge is 0.214 e. The molecule has 1 aliphatic rings. The zero-order valence-corrected chi connectivity index (χ0v) is 14.6. The van der Waals surface area contributed by atoms with Crippen molar-refractivity contribution in [2.75, 3.05) is 18.0 Å². The maximum absolute atomic E-state index is 4.74. The molecule has 0 bridgehead atoms. The fourth-order valence-corrected chi connectivity index (χ4v) is 3.99. The minimum atomic E-state index is 0.0655. The van der Waals surface area contributed by atoms with E-state index in [4.69, 9.17) is 10.1 Å². The Labute approximate surface area is 139 Å². The van der Waals surface area contributed by atoms with Crippen LogP contribution in [0.15, 0.2) is 18.5 Å². The number of anilines is 1. The third kappa shape index (κ3) is 2.73. The Kier molecular flexibility index (Phi) is 3.41. The maximum atomic E-state index is 4.74. The molecule has 7 heteroatoms. The standard InChI is InChI=1S/C16H22N6S/c1-16(2,3)13-10-22-14(18-13)23-15(20-22)21-8-5-11(6-9-21)12-4-7-17-19-12/h4,7,10-11H,5-6,8-9H2,1-3H3,(H,17,19). The SMILES string of the molecule is CC(C)(C)c1cn2nc(N3CCC(c4ccn[nH]4)CC3)sc2n1. The number of hydrogen-bond acceptors (Lipinski definition) is 5. The first-order chi connectivity index (χ1) is 11.0. The molecule has 0 unspecified atom stereocenters. The Morgan fingerprint density at radius 2 is 2.04 bits per heavy atom. The molecule has 0 atom stereocenters. The number of imidazole rings is 1. The molecule has 0 aromatic carbocycles. The number of piperidine rings is 1. The highest BCUT2D eigenvalue weighted by Crippen LogP contribution is 2.32. The molecule has 1 fully saturated rings. The lowest BCUT2D eigenvalue weighted by Gasteiger charge is -2.30. The summed E-state index contributed by atoms with van der Waals surface area (Å²) in [5.74, 6) is 0.588. The molecule has 6 nitrogen and oxygen atoms in total. The van der Waals surface area contributed by atoms with Crippen LogP contribution in [0.5, 0.6) is 0 Å². The van der Waals surface area contributed by atoms with Crippen LogP contribution in [0.4, 0.5) is 5.13 Å². The first kappa shape index (κ1) is 14.7. The molecule has 0 saturated carbocycles. The van der Waals surface area contributed by atoms with Gasteiger partial charge in [-0.1, -0.05) is 32.1 Å². The number of H-pyrrole nitrogens is 1. The lowest BCUT2D eigenvalue weighted by Crippen LogP contribution is -2.33. The molecule has 4 rings (SSSR count). The predicted octanol–water partition coefficient (Wildman–Crippen LogP) is 3.20. The lowest BCUT2D eigenvalue weighted by molar-refractivity contribution is 0.494.